The van der Waals surface area contributed by atoms with Crippen LogP contribution < -0.4 is 5.73 Å². The van der Waals surface area contributed by atoms with E-state index in [9.17, 15) is 0 Å². The minimum atomic E-state index is 0.508. The zero-order chi connectivity index (χ0) is 9.97. The minimum absolute atomic E-state index is 0.508. The lowest BCUT2D eigenvalue weighted by molar-refractivity contribution is 0.578. The number of rotatable bonds is 2. The summed E-state index contributed by atoms with van der Waals surface area (Å²) >= 11 is 0. The molecule has 2 rings (SSSR count). The predicted molar refractivity (Wildman–Crippen MR) is 54.6 cm³/mol. The van der Waals surface area contributed by atoms with E-state index in [-0.39, 0.29) is 0 Å². The zero-order valence-corrected chi connectivity index (χ0v) is 8.03. The smallest absolute Gasteiger partial charge is 0.134 e. The van der Waals surface area contributed by atoms with Gasteiger partial charge in [-0.3, -0.25) is 4.98 Å². The molecule has 2 heterocycles. The fourth-order valence-electron chi connectivity index (χ4n) is 1.37. The van der Waals surface area contributed by atoms with Gasteiger partial charge in [-0.15, -0.1) is 0 Å². The summed E-state index contributed by atoms with van der Waals surface area (Å²) in [6.07, 6.45) is 5.27. The molecule has 0 fully saturated rings. The molecule has 0 saturated heterocycles. The van der Waals surface area contributed by atoms with Gasteiger partial charge >= 0.3 is 0 Å². The summed E-state index contributed by atoms with van der Waals surface area (Å²) in [5, 5.41) is 0. The fraction of sp³-hybridized carbons (Fsp3) is 0.182. The van der Waals surface area contributed by atoms with Crippen molar-refractivity contribution in [1.82, 2.24) is 4.98 Å². The normalized spacial score (nSPS) is 10.4. The molecule has 0 bridgehead atoms. The molecule has 0 unspecified atom stereocenters. The van der Waals surface area contributed by atoms with Crippen molar-refractivity contribution in [3.63, 3.8) is 0 Å². The Labute approximate surface area is 82.6 Å². The SMILES string of the molecule is Cc1cnccc1-c1cc(CN)co1. The van der Waals surface area contributed by atoms with E-state index < -0.39 is 0 Å². The van der Waals surface area contributed by atoms with Crippen molar-refractivity contribution in [3.05, 3.63) is 41.9 Å². The van der Waals surface area contributed by atoms with E-state index in [2.05, 4.69) is 4.98 Å². The monoisotopic (exact) mass is 188 g/mol. The average molecular weight is 188 g/mol. The van der Waals surface area contributed by atoms with E-state index in [0.717, 1.165) is 22.5 Å². The second kappa shape index (κ2) is 3.64. The standard InChI is InChI=1S/C11H12N2O/c1-8-6-13-3-2-10(8)11-4-9(5-12)7-14-11/h2-4,6-7H,5,12H2,1H3. The maximum atomic E-state index is 5.51. The number of hydrogen-bond acceptors (Lipinski definition) is 3. The molecule has 3 nitrogen and oxygen atoms in total. The molecule has 3 heteroatoms. The van der Waals surface area contributed by atoms with E-state index in [0.29, 0.717) is 6.54 Å². The highest BCUT2D eigenvalue weighted by Gasteiger charge is 2.05. The number of furan rings is 1. The van der Waals surface area contributed by atoms with Gasteiger partial charge in [-0.2, -0.15) is 0 Å². The van der Waals surface area contributed by atoms with Crippen LogP contribution in [0.1, 0.15) is 11.1 Å². The van der Waals surface area contributed by atoms with Gasteiger partial charge in [0.05, 0.1) is 6.26 Å². The molecule has 0 aliphatic carbocycles. The van der Waals surface area contributed by atoms with Gasteiger partial charge in [-0.25, -0.2) is 0 Å². The largest absolute Gasteiger partial charge is 0.464 e. The Balaban J connectivity index is 2.44. The summed E-state index contributed by atoms with van der Waals surface area (Å²) in [6, 6.07) is 3.90. The van der Waals surface area contributed by atoms with Crippen molar-refractivity contribution in [2.24, 2.45) is 5.73 Å². The topological polar surface area (TPSA) is 52.0 Å². The molecule has 0 saturated carbocycles. The van der Waals surface area contributed by atoms with Crippen LogP contribution in [0.25, 0.3) is 11.3 Å². The minimum Gasteiger partial charge on any atom is -0.464 e. The van der Waals surface area contributed by atoms with Gasteiger partial charge in [-0.05, 0) is 24.6 Å². The van der Waals surface area contributed by atoms with Crippen molar-refractivity contribution in [2.45, 2.75) is 13.5 Å². The molecule has 2 aromatic rings. The van der Waals surface area contributed by atoms with E-state index in [1.54, 1.807) is 12.5 Å². The quantitative estimate of drug-likeness (QED) is 0.785. The summed E-state index contributed by atoms with van der Waals surface area (Å²) in [7, 11) is 0. The third-order valence-electron chi connectivity index (χ3n) is 2.18. The first kappa shape index (κ1) is 8.97. The molecule has 2 N–H and O–H groups in total. The second-order valence-corrected chi connectivity index (χ2v) is 3.21. The fourth-order valence-corrected chi connectivity index (χ4v) is 1.37. The Kier molecular flexibility index (Phi) is 2.33. The van der Waals surface area contributed by atoms with E-state index in [4.69, 9.17) is 10.2 Å². The maximum absolute atomic E-state index is 5.51. The first-order chi connectivity index (χ1) is 6.81. The average Bonchev–Trinajstić information content (AvgIpc) is 2.67. The molecular weight excluding hydrogens is 176 g/mol. The van der Waals surface area contributed by atoms with Crippen LogP contribution in [0.15, 0.2) is 35.2 Å². The molecule has 14 heavy (non-hydrogen) atoms. The molecule has 0 spiro atoms. The van der Waals surface area contributed by atoms with Crippen molar-refractivity contribution in [1.29, 1.82) is 0 Å². The third kappa shape index (κ3) is 1.54. The van der Waals surface area contributed by atoms with Crippen molar-refractivity contribution in [3.8, 4) is 11.3 Å². The predicted octanol–water partition coefficient (Wildman–Crippen LogP) is 2.11. The highest BCUT2D eigenvalue weighted by atomic mass is 16.3. The van der Waals surface area contributed by atoms with Crippen LogP contribution in [0, 0.1) is 6.92 Å². The second-order valence-electron chi connectivity index (χ2n) is 3.21. The zero-order valence-electron chi connectivity index (χ0n) is 8.03. The molecule has 2 aromatic heterocycles. The van der Waals surface area contributed by atoms with Gasteiger partial charge in [0.25, 0.3) is 0 Å². The van der Waals surface area contributed by atoms with Gasteiger partial charge in [0.15, 0.2) is 0 Å². The number of aromatic nitrogens is 1. The van der Waals surface area contributed by atoms with Gasteiger partial charge in [0.1, 0.15) is 5.76 Å². The highest BCUT2D eigenvalue weighted by Crippen LogP contribution is 2.24. The van der Waals surface area contributed by atoms with Crippen LogP contribution >= 0.6 is 0 Å². The lowest BCUT2D eigenvalue weighted by Gasteiger charge is -1.99. The summed E-state index contributed by atoms with van der Waals surface area (Å²) < 4.78 is 5.41. The number of nitrogens with zero attached hydrogens (tertiary/aromatic N) is 1. The molecule has 0 aromatic carbocycles. The number of hydrogen-bond donors (Lipinski definition) is 1. The number of pyridine rings is 1. The summed E-state index contributed by atoms with van der Waals surface area (Å²) in [5.41, 5.74) is 8.69. The van der Waals surface area contributed by atoms with Gasteiger partial charge < -0.3 is 10.2 Å². The molecule has 0 amide bonds. The molecule has 0 aliphatic heterocycles. The van der Waals surface area contributed by atoms with Crippen LogP contribution in [0.3, 0.4) is 0 Å². The van der Waals surface area contributed by atoms with Gasteiger partial charge in [0.2, 0.25) is 0 Å². The van der Waals surface area contributed by atoms with Crippen molar-refractivity contribution >= 4 is 0 Å². The van der Waals surface area contributed by atoms with Crippen molar-refractivity contribution in [2.75, 3.05) is 0 Å². The van der Waals surface area contributed by atoms with Crippen LogP contribution in [0.5, 0.6) is 0 Å². The molecular formula is C11H12N2O. The maximum Gasteiger partial charge on any atom is 0.134 e. The Morgan fingerprint density at radius 3 is 3.00 bits per heavy atom. The molecule has 72 valence electrons. The summed E-state index contributed by atoms with van der Waals surface area (Å²) in [4.78, 5) is 4.03. The van der Waals surface area contributed by atoms with E-state index >= 15 is 0 Å². The number of nitrogens with two attached hydrogens (primary N) is 1. The Hall–Kier alpha value is -1.61. The third-order valence-corrected chi connectivity index (χ3v) is 2.18. The Morgan fingerprint density at radius 2 is 2.36 bits per heavy atom. The molecule has 0 aliphatic rings. The Bertz CT molecular complexity index is 434. The van der Waals surface area contributed by atoms with Gasteiger partial charge in [-0.1, -0.05) is 0 Å². The summed E-state index contributed by atoms with van der Waals surface area (Å²) in [5.74, 6) is 0.852. The van der Waals surface area contributed by atoms with Crippen LogP contribution in [-0.2, 0) is 6.54 Å². The molecule has 0 radical (unpaired) electrons. The van der Waals surface area contributed by atoms with Gasteiger partial charge in [0, 0.05) is 30.1 Å². The van der Waals surface area contributed by atoms with E-state index in [1.807, 2.05) is 25.3 Å². The van der Waals surface area contributed by atoms with Crippen molar-refractivity contribution < 1.29 is 4.42 Å². The Morgan fingerprint density at radius 1 is 1.50 bits per heavy atom. The van der Waals surface area contributed by atoms with E-state index in [1.165, 1.54) is 0 Å². The van der Waals surface area contributed by atoms with Crippen LogP contribution in [-0.4, -0.2) is 4.98 Å². The number of aryl methyl sites for hydroxylation is 1. The first-order valence-corrected chi connectivity index (χ1v) is 4.49. The summed E-state index contributed by atoms with van der Waals surface area (Å²) in [6.45, 7) is 2.51. The van der Waals surface area contributed by atoms with Crippen LogP contribution in [0.2, 0.25) is 0 Å². The van der Waals surface area contributed by atoms with Crippen LogP contribution in [0.4, 0.5) is 0 Å². The molecule has 0 atom stereocenters. The lowest BCUT2D eigenvalue weighted by atomic mass is 10.1. The highest BCUT2D eigenvalue weighted by molar-refractivity contribution is 5.61. The lowest BCUT2D eigenvalue weighted by Crippen LogP contribution is -1.92. The first-order valence-electron chi connectivity index (χ1n) is 4.49.